The predicted octanol–water partition coefficient (Wildman–Crippen LogP) is 3.58. The van der Waals surface area contributed by atoms with Crippen molar-refractivity contribution in [2.45, 2.75) is 33.4 Å². The molecule has 30 heavy (non-hydrogen) atoms. The van der Waals surface area contributed by atoms with Gasteiger partial charge in [-0.15, -0.1) is 0 Å². The quantitative estimate of drug-likeness (QED) is 0.732. The fourth-order valence-electron chi connectivity index (χ4n) is 2.87. The third-order valence-electron chi connectivity index (χ3n) is 4.46. The molecule has 0 bridgehead atoms. The maximum Gasteiger partial charge on any atom is 0.319 e. The maximum absolute atomic E-state index is 12.9. The first-order chi connectivity index (χ1) is 14.2. The third kappa shape index (κ3) is 6.34. The van der Waals surface area contributed by atoms with Crippen molar-refractivity contribution >= 4 is 23.5 Å². The number of rotatable bonds is 7. The molecular weight excluding hydrogens is 380 g/mol. The molecule has 7 nitrogen and oxygen atoms in total. The van der Waals surface area contributed by atoms with Gasteiger partial charge in [0, 0.05) is 50.0 Å². The minimum absolute atomic E-state index is 0.0408. The number of hydrogen-bond acceptors (Lipinski definition) is 3. The van der Waals surface area contributed by atoms with E-state index in [1.165, 1.54) is 4.90 Å². The Bertz CT molecular complexity index is 874. The van der Waals surface area contributed by atoms with Gasteiger partial charge in [0.2, 0.25) is 0 Å². The Hall–Kier alpha value is -3.35. The van der Waals surface area contributed by atoms with Gasteiger partial charge in [-0.1, -0.05) is 12.1 Å². The molecule has 0 fully saturated rings. The number of carbonyl (C=O) groups is 3. The van der Waals surface area contributed by atoms with E-state index in [4.69, 9.17) is 0 Å². The molecule has 0 unspecified atom stereocenters. The SMILES string of the molecule is CCN(Cc1ccc(C(=O)N(C)C)cc1)C(=O)c1ccc(NC(=O)NC(C)C)cc1. The van der Waals surface area contributed by atoms with Crippen molar-refractivity contribution in [3.63, 3.8) is 0 Å². The van der Waals surface area contributed by atoms with Crippen molar-refractivity contribution in [3.05, 3.63) is 65.2 Å². The predicted molar refractivity (Wildman–Crippen MR) is 119 cm³/mol. The van der Waals surface area contributed by atoms with Crippen LogP contribution in [0, 0.1) is 0 Å². The van der Waals surface area contributed by atoms with Crippen LogP contribution in [0.3, 0.4) is 0 Å². The van der Waals surface area contributed by atoms with Gasteiger partial charge in [0.25, 0.3) is 11.8 Å². The molecule has 2 aromatic rings. The number of anilines is 1. The van der Waals surface area contributed by atoms with E-state index in [0.717, 1.165) is 5.56 Å². The number of hydrogen-bond donors (Lipinski definition) is 2. The summed E-state index contributed by atoms with van der Waals surface area (Å²) in [4.78, 5) is 39.9. The summed E-state index contributed by atoms with van der Waals surface area (Å²) in [6, 6.07) is 13.9. The Kier molecular flexibility index (Phi) is 7.98. The van der Waals surface area contributed by atoms with Crippen molar-refractivity contribution in [3.8, 4) is 0 Å². The Morgan fingerprint density at radius 3 is 1.90 bits per heavy atom. The summed E-state index contributed by atoms with van der Waals surface area (Å²) in [5.74, 6) is -0.148. The van der Waals surface area contributed by atoms with E-state index in [2.05, 4.69) is 10.6 Å². The van der Waals surface area contributed by atoms with Gasteiger partial charge >= 0.3 is 6.03 Å². The van der Waals surface area contributed by atoms with Crippen LogP contribution in [0.1, 0.15) is 47.1 Å². The molecule has 0 aromatic heterocycles. The van der Waals surface area contributed by atoms with Gasteiger partial charge in [-0.2, -0.15) is 0 Å². The molecule has 2 rings (SSSR count). The average molecular weight is 411 g/mol. The van der Waals surface area contributed by atoms with Gasteiger partial charge in [0.1, 0.15) is 0 Å². The number of nitrogens with one attached hydrogen (secondary N) is 2. The molecule has 0 atom stereocenters. The lowest BCUT2D eigenvalue weighted by Gasteiger charge is -2.21. The Labute approximate surface area is 178 Å². The lowest BCUT2D eigenvalue weighted by molar-refractivity contribution is 0.0751. The molecule has 0 spiro atoms. The van der Waals surface area contributed by atoms with Crippen LogP contribution in [0.15, 0.2) is 48.5 Å². The van der Waals surface area contributed by atoms with E-state index in [1.54, 1.807) is 55.4 Å². The van der Waals surface area contributed by atoms with Crippen molar-refractivity contribution in [1.29, 1.82) is 0 Å². The van der Waals surface area contributed by atoms with Crippen molar-refractivity contribution in [1.82, 2.24) is 15.1 Å². The van der Waals surface area contributed by atoms with Crippen LogP contribution in [0.25, 0.3) is 0 Å². The van der Waals surface area contributed by atoms with Gasteiger partial charge in [-0.05, 0) is 62.7 Å². The number of urea groups is 1. The number of amides is 4. The lowest BCUT2D eigenvalue weighted by atomic mass is 10.1. The molecule has 0 saturated carbocycles. The first kappa shape index (κ1) is 22.9. The van der Waals surface area contributed by atoms with Gasteiger partial charge in [-0.3, -0.25) is 9.59 Å². The highest BCUT2D eigenvalue weighted by Crippen LogP contribution is 2.15. The van der Waals surface area contributed by atoms with Crippen LogP contribution in [0.4, 0.5) is 10.5 Å². The smallest absolute Gasteiger partial charge is 0.319 e. The molecule has 7 heteroatoms. The normalized spacial score (nSPS) is 10.5. The average Bonchev–Trinajstić information content (AvgIpc) is 2.71. The summed E-state index contributed by atoms with van der Waals surface area (Å²) >= 11 is 0. The van der Waals surface area contributed by atoms with Gasteiger partial charge in [0.05, 0.1) is 0 Å². The van der Waals surface area contributed by atoms with Crippen LogP contribution in [-0.2, 0) is 6.54 Å². The van der Waals surface area contributed by atoms with Crippen LogP contribution >= 0.6 is 0 Å². The molecule has 0 aliphatic carbocycles. The fourth-order valence-corrected chi connectivity index (χ4v) is 2.87. The Morgan fingerprint density at radius 2 is 1.40 bits per heavy atom. The zero-order valence-electron chi connectivity index (χ0n) is 18.2. The Balaban J connectivity index is 2.03. The van der Waals surface area contributed by atoms with Crippen molar-refractivity contribution in [2.75, 3.05) is 26.0 Å². The topological polar surface area (TPSA) is 81.8 Å². The Morgan fingerprint density at radius 1 is 0.867 bits per heavy atom. The molecule has 160 valence electrons. The minimum atomic E-state index is -0.282. The molecule has 0 radical (unpaired) electrons. The second kappa shape index (κ2) is 10.4. The van der Waals surface area contributed by atoms with E-state index >= 15 is 0 Å². The third-order valence-corrected chi connectivity index (χ3v) is 4.46. The summed E-state index contributed by atoms with van der Waals surface area (Å²) in [5, 5.41) is 5.49. The van der Waals surface area contributed by atoms with Crippen LogP contribution in [-0.4, -0.2) is 54.3 Å². The zero-order chi connectivity index (χ0) is 22.3. The molecule has 0 aliphatic rings. The largest absolute Gasteiger partial charge is 0.345 e. The molecule has 0 heterocycles. The van der Waals surface area contributed by atoms with Gasteiger partial charge in [-0.25, -0.2) is 4.79 Å². The monoisotopic (exact) mass is 410 g/mol. The number of carbonyl (C=O) groups excluding carboxylic acids is 3. The summed E-state index contributed by atoms with van der Waals surface area (Å²) in [5.41, 5.74) is 2.73. The molecule has 0 saturated heterocycles. The lowest BCUT2D eigenvalue weighted by Crippen LogP contribution is -2.34. The second-order valence-electron chi connectivity index (χ2n) is 7.55. The van der Waals surface area contributed by atoms with E-state index in [9.17, 15) is 14.4 Å². The van der Waals surface area contributed by atoms with E-state index in [-0.39, 0.29) is 23.9 Å². The van der Waals surface area contributed by atoms with Gasteiger partial charge < -0.3 is 20.4 Å². The van der Waals surface area contributed by atoms with E-state index in [1.807, 2.05) is 32.9 Å². The maximum atomic E-state index is 12.9. The standard InChI is InChI=1S/C23H30N4O3/c1-6-27(15-17-7-9-18(10-8-17)21(28)26(4)5)22(29)19-11-13-20(14-12-19)25-23(30)24-16(2)3/h7-14,16H,6,15H2,1-5H3,(H2,24,25,30). The highest BCUT2D eigenvalue weighted by atomic mass is 16.2. The molecule has 2 aromatic carbocycles. The highest BCUT2D eigenvalue weighted by Gasteiger charge is 2.15. The summed E-state index contributed by atoms with van der Waals surface area (Å²) < 4.78 is 0. The first-order valence-electron chi connectivity index (χ1n) is 9.98. The van der Waals surface area contributed by atoms with Crippen LogP contribution in [0.5, 0.6) is 0 Å². The summed E-state index contributed by atoms with van der Waals surface area (Å²) in [6.45, 7) is 6.69. The molecule has 4 amide bonds. The second-order valence-corrected chi connectivity index (χ2v) is 7.55. The van der Waals surface area contributed by atoms with Crippen LogP contribution < -0.4 is 10.6 Å². The van der Waals surface area contributed by atoms with Crippen molar-refractivity contribution in [2.24, 2.45) is 0 Å². The minimum Gasteiger partial charge on any atom is -0.345 e. The zero-order valence-corrected chi connectivity index (χ0v) is 18.2. The number of benzene rings is 2. The molecule has 2 N–H and O–H groups in total. The highest BCUT2D eigenvalue weighted by molar-refractivity contribution is 5.96. The first-order valence-corrected chi connectivity index (χ1v) is 9.98. The molecular formula is C23H30N4O3. The summed E-state index contributed by atoms with van der Waals surface area (Å²) in [6.07, 6.45) is 0. The summed E-state index contributed by atoms with van der Waals surface area (Å²) in [7, 11) is 3.43. The van der Waals surface area contributed by atoms with Crippen LogP contribution in [0.2, 0.25) is 0 Å². The van der Waals surface area contributed by atoms with E-state index in [0.29, 0.717) is 29.9 Å². The van der Waals surface area contributed by atoms with E-state index < -0.39 is 0 Å². The molecule has 0 aliphatic heterocycles. The van der Waals surface area contributed by atoms with Gasteiger partial charge in [0.15, 0.2) is 0 Å². The fraction of sp³-hybridized carbons (Fsp3) is 0.348. The number of nitrogens with zero attached hydrogens (tertiary/aromatic N) is 2. The van der Waals surface area contributed by atoms with Crippen molar-refractivity contribution < 1.29 is 14.4 Å².